The third kappa shape index (κ3) is 3.25. The molecule has 94 valence electrons. The molecule has 0 saturated carbocycles. The van der Waals surface area contributed by atoms with Gasteiger partial charge in [-0.25, -0.2) is 8.78 Å². The van der Waals surface area contributed by atoms with Crippen LogP contribution in [0.1, 0.15) is 38.2 Å². The van der Waals surface area contributed by atoms with Crippen molar-refractivity contribution in [2.24, 2.45) is 0 Å². The summed E-state index contributed by atoms with van der Waals surface area (Å²) in [6, 6.07) is 4.20. The van der Waals surface area contributed by atoms with Gasteiger partial charge in [0.15, 0.2) is 11.6 Å². The van der Waals surface area contributed by atoms with E-state index in [9.17, 15) is 8.78 Å². The molecule has 1 atom stereocenters. The lowest BCUT2D eigenvalue weighted by Crippen LogP contribution is -2.43. The van der Waals surface area contributed by atoms with Crippen molar-refractivity contribution in [3.63, 3.8) is 0 Å². The zero-order valence-electron chi connectivity index (χ0n) is 10.2. The van der Waals surface area contributed by atoms with Crippen LogP contribution >= 0.6 is 0 Å². The number of hydrogen-bond acceptors (Lipinski definition) is 1. The van der Waals surface area contributed by atoms with Gasteiger partial charge in [-0.1, -0.05) is 18.9 Å². The third-order valence-corrected chi connectivity index (χ3v) is 3.54. The fourth-order valence-electron chi connectivity index (χ4n) is 2.55. The molecule has 3 heteroatoms. The van der Waals surface area contributed by atoms with E-state index in [2.05, 4.69) is 12.2 Å². The van der Waals surface area contributed by atoms with E-state index in [1.807, 2.05) is 0 Å². The van der Waals surface area contributed by atoms with Crippen molar-refractivity contribution in [3.05, 3.63) is 35.4 Å². The average Bonchev–Trinajstić information content (AvgIpc) is 2.49. The minimum absolute atomic E-state index is 0.0147. The summed E-state index contributed by atoms with van der Waals surface area (Å²) in [5.74, 6) is -1.52. The second-order valence-corrected chi connectivity index (χ2v) is 5.22. The van der Waals surface area contributed by atoms with Crippen molar-refractivity contribution in [1.82, 2.24) is 5.32 Å². The van der Waals surface area contributed by atoms with Crippen molar-refractivity contribution in [2.45, 2.75) is 44.6 Å². The second-order valence-electron chi connectivity index (χ2n) is 5.22. The Balaban J connectivity index is 2.10. The fraction of sp³-hybridized carbons (Fsp3) is 0.571. The minimum Gasteiger partial charge on any atom is -0.311 e. The Morgan fingerprint density at radius 2 is 2.00 bits per heavy atom. The molecule has 1 unspecified atom stereocenters. The predicted molar refractivity (Wildman–Crippen MR) is 64.9 cm³/mol. The first-order valence-electron chi connectivity index (χ1n) is 6.28. The highest BCUT2D eigenvalue weighted by Crippen LogP contribution is 2.23. The summed E-state index contributed by atoms with van der Waals surface area (Å²) in [6.45, 7) is 3.18. The van der Waals surface area contributed by atoms with Gasteiger partial charge in [0.1, 0.15) is 0 Å². The highest BCUT2D eigenvalue weighted by atomic mass is 19.2. The van der Waals surface area contributed by atoms with Crippen LogP contribution < -0.4 is 5.32 Å². The Hall–Kier alpha value is -0.960. The van der Waals surface area contributed by atoms with Crippen LogP contribution in [0.15, 0.2) is 18.2 Å². The van der Waals surface area contributed by atoms with Crippen molar-refractivity contribution in [3.8, 4) is 0 Å². The lowest BCUT2D eigenvalue weighted by Gasteiger charge is -2.29. The van der Waals surface area contributed by atoms with E-state index in [-0.39, 0.29) is 5.54 Å². The number of benzene rings is 1. The van der Waals surface area contributed by atoms with Crippen molar-refractivity contribution in [2.75, 3.05) is 6.54 Å². The lowest BCUT2D eigenvalue weighted by molar-refractivity contribution is 0.345. The summed E-state index contributed by atoms with van der Waals surface area (Å²) < 4.78 is 26.0. The first-order chi connectivity index (χ1) is 8.09. The van der Waals surface area contributed by atoms with Gasteiger partial charge >= 0.3 is 0 Å². The van der Waals surface area contributed by atoms with E-state index in [1.54, 1.807) is 6.07 Å². The van der Waals surface area contributed by atoms with Crippen LogP contribution in [0.25, 0.3) is 0 Å². The van der Waals surface area contributed by atoms with Crippen LogP contribution in [0.3, 0.4) is 0 Å². The van der Waals surface area contributed by atoms with E-state index < -0.39 is 11.6 Å². The molecule has 1 nitrogen and oxygen atoms in total. The molecule has 0 amide bonds. The first-order valence-corrected chi connectivity index (χ1v) is 6.28. The molecule has 2 rings (SSSR count). The summed E-state index contributed by atoms with van der Waals surface area (Å²) in [7, 11) is 0. The first kappa shape index (κ1) is 12.5. The smallest absolute Gasteiger partial charge is 0.159 e. The van der Waals surface area contributed by atoms with Crippen LogP contribution in [-0.4, -0.2) is 12.1 Å². The molecule has 1 aliphatic heterocycles. The molecule has 1 aromatic carbocycles. The van der Waals surface area contributed by atoms with Gasteiger partial charge in [-0.3, -0.25) is 0 Å². The van der Waals surface area contributed by atoms with Gasteiger partial charge in [0.25, 0.3) is 0 Å². The standard InChI is InChI=1S/C14H19F2N/c1-14(7-3-2-4-8-17-14)10-11-5-6-12(15)13(16)9-11/h5-6,9,17H,2-4,7-8,10H2,1H3. The van der Waals surface area contributed by atoms with Gasteiger partial charge in [-0.05, 0) is 50.4 Å². The molecular formula is C14H19F2N. The molecule has 1 aromatic rings. The molecule has 1 saturated heterocycles. The highest BCUT2D eigenvalue weighted by Gasteiger charge is 2.25. The minimum atomic E-state index is -0.771. The highest BCUT2D eigenvalue weighted by molar-refractivity contribution is 5.20. The fourth-order valence-corrected chi connectivity index (χ4v) is 2.55. The SMILES string of the molecule is CC1(Cc2ccc(F)c(F)c2)CCCCCN1. The van der Waals surface area contributed by atoms with Crippen LogP contribution in [0, 0.1) is 11.6 Å². The molecule has 0 aliphatic carbocycles. The summed E-state index contributed by atoms with van der Waals surface area (Å²) in [5.41, 5.74) is 0.877. The van der Waals surface area contributed by atoms with Crippen LogP contribution in [0.4, 0.5) is 8.78 Å². The lowest BCUT2D eigenvalue weighted by atomic mass is 9.88. The topological polar surface area (TPSA) is 12.0 Å². The van der Waals surface area contributed by atoms with E-state index in [4.69, 9.17) is 0 Å². The van der Waals surface area contributed by atoms with Gasteiger partial charge < -0.3 is 5.32 Å². The molecule has 0 aromatic heterocycles. The Morgan fingerprint density at radius 3 is 2.76 bits per heavy atom. The molecule has 0 spiro atoms. The monoisotopic (exact) mass is 239 g/mol. The number of halogens is 2. The summed E-state index contributed by atoms with van der Waals surface area (Å²) in [6.07, 6.45) is 5.50. The van der Waals surface area contributed by atoms with Crippen molar-refractivity contribution >= 4 is 0 Å². The predicted octanol–water partition coefficient (Wildman–Crippen LogP) is 3.43. The molecule has 1 heterocycles. The van der Waals surface area contributed by atoms with Gasteiger partial charge in [0.2, 0.25) is 0 Å². The Morgan fingerprint density at radius 1 is 1.18 bits per heavy atom. The normalized spacial score (nSPS) is 25.6. The molecule has 0 radical (unpaired) electrons. The number of hydrogen-bond donors (Lipinski definition) is 1. The van der Waals surface area contributed by atoms with Crippen LogP contribution in [0.2, 0.25) is 0 Å². The third-order valence-electron chi connectivity index (χ3n) is 3.54. The van der Waals surface area contributed by atoms with Crippen molar-refractivity contribution in [1.29, 1.82) is 0 Å². The maximum absolute atomic E-state index is 13.1. The maximum Gasteiger partial charge on any atom is 0.159 e. The molecular weight excluding hydrogens is 220 g/mol. The summed E-state index contributed by atoms with van der Waals surface area (Å²) in [4.78, 5) is 0. The zero-order valence-corrected chi connectivity index (χ0v) is 10.2. The maximum atomic E-state index is 13.1. The second kappa shape index (κ2) is 5.13. The van der Waals surface area contributed by atoms with E-state index in [0.717, 1.165) is 24.9 Å². The molecule has 1 aliphatic rings. The quantitative estimate of drug-likeness (QED) is 0.833. The van der Waals surface area contributed by atoms with Gasteiger partial charge in [0, 0.05) is 5.54 Å². The van der Waals surface area contributed by atoms with Gasteiger partial charge in [0.05, 0.1) is 0 Å². The average molecular weight is 239 g/mol. The Kier molecular flexibility index (Phi) is 3.77. The molecule has 1 fully saturated rings. The van der Waals surface area contributed by atoms with Gasteiger partial charge in [-0.2, -0.15) is 0 Å². The molecule has 1 N–H and O–H groups in total. The van der Waals surface area contributed by atoms with E-state index in [1.165, 1.54) is 31.4 Å². The number of nitrogens with one attached hydrogen (secondary N) is 1. The van der Waals surface area contributed by atoms with E-state index >= 15 is 0 Å². The summed E-state index contributed by atoms with van der Waals surface area (Å²) >= 11 is 0. The molecule has 0 bridgehead atoms. The van der Waals surface area contributed by atoms with Crippen molar-refractivity contribution < 1.29 is 8.78 Å². The van der Waals surface area contributed by atoms with Gasteiger partial charge in [-0.15, -0.1) is 0 Å². The Bertz CT molecular complexity index is 382. The van der Waals surface area contributed by atoms with Crippen LogP contribution in [0.5, 0.6) is 0 Å². The van der Waals surface area contributed by atoms with E-state index in [0.29, 0.717) is 0 Å². The zero-order chi connectivity index (χ0) is 12.3. The summed E-state index contributed by atoms with van der Waals surface area (Å²) in [5, 5.41) is 3.52. The Labute approximate surface area is 101 Å². The van der Waals surface area contributed by atoms with Crippen LogP contribution in [-0.2, 0) is 6.42 Å². The largest absolute Gasteiger partial charge is 0.311 e. The number of rotatable bonds is 2. The molecule has 17 heavy (non-hydrogen) atoms.